The quantitative estimate of drug-likeness (QED) is 0.632. The minimum Gasteiger partial charge on any atom is -0.372 e. The van der Waals surface area contributed by atoms with Gasteiger partial charge < -0.3 is 15.4 Å². The maximum Gasteiger partial charge on any atom is 0.405 e. The Bertz CT molecular complexity index is 577. The molecular weight excluding hydrogens is 320 g/mol. The lowest BCUT2D eigenvalue weighted by Crippen LogP contribution is -2.47. The Morgan fingerprint density at radius 3 is 2.09 bits per heavy atom. The van der Waals surface area contributed by atoms with Gasteiger partial charge in [-0.25, -0.2) is 4.39 Å². The van der Waals surface area contributed by atoms with Crippen LogP contribution in [0.4, 0.5) is 17.6 Å². The van der Waals surface area contributed by atoms with Gasteiger partial charge in [0.05, 0.1) is 6.54 Å². The first-order chi connectivity index (χ1) is 10.6. The van der Waals surface area contributed by atoms with Gasteiger partial charge in [-0.15, -0.1) is 0 Å². The highest BCUT2D eigenvalue weighted by Gasteiger charge is 2.32. The van der Waals surface area contributed by atoms with Crippen LogP contribution in [0.2, 0.25) is 0 Å². The molecule has 23 heavy (non-hydrogen) atoms. The number of carbonyl (C=O) groups is 2. The van der Waals surface area contributed by atoms with E-state index in [2.05, 4.69) is 5.32 Å². The molecule has 1 rings (SSSR count). The molecule has 5 nitrogen and oxygen atoms in total. The molecule has 1 atom stereocenters. The number of amides is 2. The van der Waals surface area contributed by atoms with Crippen molar-refractivity contribution in [2.75, 3.05) is 20.2 Å². The van der Waals surface area contributed by atoms with Crippen LogP contribution in [0.1, 0.15) is 12.5 Å². The van der Waals surface area contributed by atoms with Gasteiger partial charge in [0.25, 0.3) is 0 Å². The summed E-state index contributed by atoms with van der Waals surface area (Å²) in [6, 6.07) is 5.67. The zero-order valence-electron chi connectivity index (χ0n) is 12.5. The second kappa shape index (κ2) is 7.40. The number of alkyl halides is 3. The Hall–Kier alpha value is -2.16. The summed E-state index contributed by atoms with van der Waals surface area (Å²) in [5, 5.41) is 3.56. The largest absolute Gasteiger partial charge is 0.405 e. The normalized spacial score (nSPS) is 14.0. The minimum atomic E-state index is -4.62. The molecule has 1 aromatic rings. The molecular formula is C14H16F4N2O3. The predicted octanol–water partition coefficient (Wildman–Crippen LogP) is 1.48. The molecule has 2 amide bonds. The number of ether oxygens (including phenoxy) is 1. The Labute approximate surface area is 130 Å². The predicted molar refractivity (Wildman–Crippen MR) is 72.8 cm³/mol. The van der Waals surface area contributed by atoms with Crippen LogP contribution in [0.5, 0.6) is 0 Å². The van der Waals surface area contributed by atoms with E-state index in [1.54, 1.807) is 6.07 Å². The van der Waals surface area contributed by atoms with Crippen LogP contribution in [0.25, 0.3) is 0 Å². The average molecular weight is 336 g/mol. The number of hydrogen-bond donors (Lipinski definition) is 2. The first-order valence-corrected chi connectivity index (χ1v) is 6.52. The highest BCUT2D eigenvalue weighted by Crippen LogP contribution is 2.26. The van der Waals surface area contributed by atoms with E-state index in [0.717, 1.165) is 0 Å². The lowest BCUT2D eigenvalue weighted by atomic mass is 9.95. The number of methoxy groups -OCH3 is 1. The van der Waals surface area contributed by atoms with E-state index in [4.69, 9.17) is 4.74 Å². The lowest BCUT2D eigenvalue weighted by molar-refractivity contribution is -0.146. The fourth-order valence-electron chi connectivity index (χ4n) is 1.76. The van der Waals surface area contributed by atoms with Gasteiger partial charge in [-0.3, -0.25) is 9.59 Å². The number of benzene rings is 1. The third-order valence-corrected chi connectivity index (χ3v) is 3.14. The zero-order valence-corrected chi connectivity index (χ0v) is 12.5. The van der Waals surface area contributed by atoms with Crippen molar-refractivity contribution >= 4 is 11.8 Å². The molecule has 0 fully saturated rings. The molecule has 0 aliphatic heterocycles. The van der Waals surface area contributed by atoms with Crippen molar-refractivity contribution in [2.24, 2.45) is 0 Å². The van der Waals surface area contributed by atoms with Gasteiger partial charge in [-0.05, 0) is 13.0 Å². The zero-order chi connectivity index (χ0) is 17.7. The summed E-state index contributed by atoms with van der Waals surface area (Å²) in [7, 11) is 1.28. The Morgan fingerprint density at radius 1 is 1.09 bits per heavy atom. The molecule has 2 N–H and O–H groups in total. The van der Waals surface area contributed by atoms with Gasteiger partial charge in [0.1, 0.15) is 18.0 Å². The molecule has 128 valence electrons. The van der Waals surface area contributed by atoms with E-state index >= 15 is 0 Å². The SMILES string of the molecule is COC(C)(CNC(=O)C(=O)NCC(F)(F)F)c1ccccc1F. The Kier molecular flexibility index (Phi) is 6.08. The molecule has 9 heteroatoms. The van der Waals surface area contributed by atoms with Gasteiger partial charge >= 0.3 is 18.0 Å². The van der Waals surface area contributed by atoms with E-state index in [1.165, 1.54) is 37.5 Å². The number of hydrogen-bond acceptors (Lipinski definition) is 3. The molecule has 0 saturated heterocycles. The van der Waals surface area contributed by atoms with Crippen LogP contribution in [0.15, 0.2) is 24.3 Å². The molecule has 0 aliphatic carbocycles. The standard InChI is InChI=1S/C14H16F4N2O3/c1-13(23-2,9-5-3-4-6-10(9)15)7-19-11(21)12(22)20-8-14(16,17)18/h3-6H,7-8H2,1-2H3,(H,19,21)(H,20,22). The molecule has 0 bridgehead atoms. The maximum absolute atomic E-state index is 13.8. The molecule has 1 unspecified atom stereocenters. The summed E-state index contributed by atoms with van der Waals surface area (Å²) in [5.41, 5.74) is -1.15. The van der Waals surface area contributed by atoms with Crippen molar-refractivity contribution in [1.82, 2.24) is 10.6 Å². The highest BCUT2D eigenvalue weighted by atomic mass is 19.4. The number of halogens is 4. The maximum atomic E-state index is 13.8. The fraction of sp³-hybridized carbons (Fsp3) is 0.429. The minimum absolute atomic E-state index is 0.137. The lowest BCUT2D eigenvalue weighted by Gasteiger charge is -2.29. The summed E-state index contributed by atoms with van der Waals surface area (Å²) in [4.78, 5) is 22.8. The third kappa shape index (κ3) is 5.51. The first-order valence-electron chi connectivity index (χ1n) is 6.52. The van der Waals surface area contributed by atoms with Crippen molar-refractivity contribution in [1.29, 1.82) is 0 Å². The van der Waals surface area contributed by atoms with Crippen molar-refractivity contribution in [3.05, 3.63) is 35.6 Å². The van der Waals surface area contributed by atoms with Crippen molar-refractivity contribution in [3.8, 4) is 0 Å². The number of nitrogens with one attached hydrogen (secondary N) is 2. The highest BCUT2D eigenvalue weighted by molar-refractivity contribution is 6.35. The number of carbonyl (C=O) groups excluding carboxylic acids is 2. The van der Waals surface area contributed by atoms with Crippen LogP contribution in [-0.4, -0.2) is 38.2 Å². The van der Waals surface area contributed by atoms with Crippen molar-refractivity contribution in [3.63, 3.8) is 0 Å². The first kappa shape index (κ1) is 18.9. The Balaban J connectivity index is 2.69. The topological polar surface area (TPSA) is 67.4 Å². The van der Waals surface area contributed by atoms with Crippen LogP contribution < -0.4 is 10.6 Å². The van der Waals surface area contributed by atoms with Crippen LogP contribution in [0.3, 0.4) is 0 Å². The molecule has 1 aromatic carbocycles. The van der Waals surface area contributed by atoms with E-state index in [0.29, 0.717) is 0 Å². The van der Waals surface area contributed by atoms with Crippen LogP contribution >= 0.6 is 0 Å². The summed E-state index contributed by atoms with van der Waals surface area (Å²) in [6.07, 6.45) is -4.62. The summed E-state index contributed by atoms with van der Waals surface area (Å²) in [5.74, 6) is -3.28. The van der Waals surface area contributed by atoms with Crippen LogP contribution in [0, 0.1) is 5.82 Å². The van der Waals surface area contributed by atoms with E-state index in [1.807, 2.05) is 0 Å². The van der Waals surface area contributed by atoms with Gasteiger partial charge in [0, 0.05) is 12.7 Å². The summed E-state index contributed by atoms with van der Waals surface area (Å²) >= 11 is 0. The van der Waals surface area contributed by atoms with E-state index < -0.39 is 36.0 Å². The third-order valence-electron chi connectivity index (χ3n) is 3.14. The van der Waals surface area contributed by atoms with Crippen molar-refractivity contribution < 1.29 is 31.9 Å². The van der Waals surface area contributed by atoms with Gasteiger partial charge in [-0.2, -0.15) is 13.2 Å². The monoisotopic (exact) mass is 336 g/mol. The molecule has 0 saturated carbocycles. The molecule has 0 radical (unpaired) electrons. The second-order valence-corrected chi connectivity index (χ2v) is 4.90. The molecule has 0 spiro atoms. The van der Waals surface area contributed by atoms with Gasteiger partial charge in [-0.1, -0.05) is 18.2 Å². The second-order valence-electron chi connectivity index (χ2n) is 4.90. The molecule has 0 aliphatic rings. The molecule has 0 heterocycles. The fourth-order valence-corrected chi connectivity index (χ4v) is 1.76. The van der Waals surface area contributed by atoms with Crippen molar-refractivity contribution in [2.45, 2.75) is 18.7 Å². The number of rotatable bonds is 5. The van der Waals surface area contributed by atoms with Crippen LogP contribution in [-0.2, 0) is 19.9 Å². The van der Waals surface area contributed by atoms with Gasteiger partial charge in [0.15, 0.2) is 0 Å². The summed E-state index contributed by atoms with van der Waals surface area (Å²) < 4.78 is 54.9. The van der Waals surface area contributed by atoms with Gasteiger partial charge in [0.2, 0.25) is 0 Å². The Morgan fingerprint density at radius 2 is 1.61 bits per heavy atom. The van der Waals surface area contributed by atoms with E-state index in [-0.39, 0.29) is 12.1 Å². The molecule has 0 aromatic heterocycles. The average Bonchev–Trinajstić information content (AvgIpc) is 2.49. The van der Waals surface area contributed by atoms with E-state index in [9.17, 15) is 27.2 Å². The smallest absolute Gasteiger partial charge is 0.372 e. The summed E-state index contributed by atoms with van der Waals surface area (Å²) in [6.45, 7) is -0.448.